The molecular formula is C10H16N4S. The van der Waals surface area contributed by atoms with E-state index in [0.717, 1.165) is 30.6 Å². The van der Waals surface area contributed by atoms with Gasteiger partial charge in [-0.15, -0.1) is 0 Å². The van der Waals surface area contributed by atoms with Crippen molar-refractivity contribution in [1.82, 2.24) is 9.97 Å². The Balaban J connectivity index is 2.09. The third kappa shape index (κ3) is 2.41. The van der Waals surface area contributed by atoms with Crippen molar-refractivity contribution in [2.45, 2.75) is 11.6 Å². The topological polar surface area (TPSA) is 55.0 Å². The molecule has 15 heavy (non-hydrogen) atoms. The Morgan fingerprint density at radius 3 is 3.20 bits per heavy atom. The van der Waals surface area contributed by atoms with E-state index in [1.54, 1.807) is 11.8 Å². The molecule has 1 saturated heterocycles. The average molecular weight is 224 g/mol. The van der Waals surface area contributed by atoms with Crippen LogP contribution in [0.25, 0.3) is 0 Å². The predicted molar refractivity (Wildman–Crippen MR) is 63.2 cm³/mol. The van der Waals surface area contributed by atoms with Crippen molar-refractivity contribution in [1.29, 1.82) is 0 Å². The van der Waals surface area contributed by atoms with Crippen molar-refractivity contribution in [3.8, 4) is 0 Å². The van der Waals surface area contributed by atoms with Gasteiger partial charge in [0.25, 0.3) is 0 Å². The van der Waals surface area contributed by atoms with Crippen LogP contribution >= 0.6 is 11.8 Å². The zero-order valence-corrected chi connectivity index (χ0v) is 9.70. The van der Waals surface area contributed by atoms with Crippen LogP contribution in [0.2, 0.25) is 0 Å². The van der Waals surface area contributed by atoms with Crippen LogP contribution in [-0.2, 0) is 0 Å². The second-order valence-electron chi connectivity index (χ2n) is 3.74. The van der Waals surface area contributed by atoms with Crippen LogP contribution in [0.1, 0.15) is 6.42 Å². The summed E-state index contributed by atoms with van der Waals surface area (Å²) in [6.07, 6.45) is 4.99. The summed E-state index contributed by atoms with van der Waals surface area (Å²) in [4.78, 5) is 10.9. The van der Waals surface area contributed by atoms with E-state index < -0.39 is 0 Å². The number of aromatic nitrogens is 2. The summed E-state index contributed by atoms with van der Waals surface area (Å²) < 4.78 is 0. The Kier molecular flexibility index (Phi) is 3.43. The molecule has 2 rings (SSSR count). The SMILES string of the molecule is CSc1nccc(N2CC[C@@H](CN)C2)n1. The molecule has 0 radical (unpaired) electrons. The van der Waals surface area contributed by atoms with Crippen LogP contribution in [0.3, 0.4) is 0 Å². The lowest BCUT2D eigenvalue weighted by Crippen LogP contribution is -2.23. The van der Waals surface area contributed by atoms with E-state index in [-0.39, 0.29) is 0 Å². The maximum absolute atomic E-state index is 5.67. The highest BCUT2D eigenvalue weighted by molar-refractivity contribution is 7.98. The first-order chi connectivity index (χ1) is 7.33. The van der Waals surface area contributed by atoms with Crippen molar-refractivity contribution >= 4 is 17.6 Å². The van der Waals surface area contributed by atoms with E-state index in [2.05, 4.69) is 14.9 Å². The third-order valence-electron chi connectivity index (χ3n) is 2.74. The molecule has 0 aliphatic carbocycles. The molecule has 1 fully saturated rings. The van der Waals surface area contributed by atoms with Gasteiger partial charge in [0.2, 0.25) is 0 Å². The zero-order valence-electron chi connectivity index (χ0n) is 8.89. The molecule has 1 atom stereocenters. The summed E-state index contributed by atoms with van der Waals surface area (Å²) in [6.45, 7) is 2.87. The largest absolute Gasteiger partial charge is 0.356 e. The number of anilines is 1. The van der Waals surface area contributed by atoms with Crippen LogP contribution in [0.5, 0.6) is 0 Å². The van der Waals surface area contributed by atoms with Crippen molar-refractivity contribution < 1.29 is 0 Å². The fourth-order valence-corrected chi connectivity index (χ4v) is 2.19. The van der Waals surface area contributed by atoms with Crippen molar-refractivity contribution in [3.63, 3.8) is 0 Å². The minimum Gasteiger partial charge on any atom is -0.356 e. The summed E-state index contributed by atoms with van der Waals surface area (Å²) in [5.41, 5.74) is 5.67. The standard InChI is InChI=1S/C10H16N4S/c1-15-10-12-4-2-9(13-10)14-5-3-8(6-11)7-14/h2,4,8H,3,5-7,11H2,1H3/t8-/m0/s1. The van der Waals surface area contributed by atoms with E-state index in [9.17, 15) is 0 Å². The minimum atomic E-state index is 0.623. The van der Waals surface area contributed by atoms with Gasteiger partial charge in [0, 0.05) is 19.3 Å². The number of rotatable bonds is 3. The number of nitrogens with zero attached hydrogens (tertiary/aromatic N) is 3. The molecule has 0 aromatic carbocycles. The van der Waals surface area contributed by atoms with E-state index in [0.29, 0.717) is 5.92 Å². The van der Waals surface area contributed by atoms with Gasteiger partial charge in [-0.1, -0.05) is 11.8 Å². The van der Waals surface area contributed by atoms with Crippen LogP contribution in [-0.4, -0.2) is 35.9 Å². The Hall–Kier alpha value is -0.810. The minimum absolute atomic E-state index is 0.623. The first kappa shape index (κ1) is 10.7. The van der Waals surface area contributed by atoms with Gasteiger partial charge in [-0.05, 0) is 31.2 Å². The second kappa shape index (κ2) is 4.81. The third-order valence-corrected chi connectivity index (χ3v) is 3.31. The van der Waals surface area contributed by atoms with Gasteiger partial charge < -0.3 is 10.6 Å². The molecule has 0 amide bonds. The summed E-state index contributed by atoms with van der Waals surface area (Å²) in [6, 6.07) is 1.97. The summed E-state index contributed by atoms with van der Waals surface area (Å²) >= 11 is 1.57. The monoisotopic (exact) mass is 224 g/mol. The predicted octanol–water partition coefficient (Wildman–Crippen LogP) is 0.984. The lowest BCUT2D eigenvalue weighted by Gasteiger charge is -2.17. The molecule has 0 unspecified atom stereocenters. The molecule has 1 aliphatic heterocycles. The molecule has 1 aromatic heterocycles. The van der Waals surface area contributed by atoms with Crippen LogP contribution < -0.4 is 10.6 Å². The average Bonchev–Trinajstić information content (AvgIpc) is 2.78. The number of hydrogen-bond donors (Lipinski definition) is 1. The van der Waals surface area contributed by atoms with Gasteiger partial charge in [0.05, 0.1) is 0 Å². The fourth-order valence-electron chi connectivity index (χ4n) is 1.84. The van der Waals surface area contributed by atoms with Gasteiger partial charge in [0.15, 0.2) is 5.16 Å². The quantitative estimate of drug-likeness (QED) is 0.613. The summed E-state index contributed by atoms with van der Waals surface area (Å²) in [5.74, 6) is 1.66. The number of thioether (sulfide) groups is 1. The Morgan fingerprint density at radius 1 is 1.67 bits per heavy atom. The first-order valence-electron chi connectivity index (χ1n) is 5.15. The Morgan fingerprint density at radius 2 is 2.53 bits per heavy atom. The maximum Gasteiger partial charge on any atom is 0.189 e. The molecular weight excluding hydrogens is 208 g/mol. The highest BCUT2D eigenvalue weighted by atomic mass is 32.2. The van der Waals surface area contributed by atoms with Gasteiger partial charge in [-0.2, -0.15) is 0 Å². The van der Waals surface area contributed by atoms with Crippen LogP contribution in [0.4, 0.5) is 5.82 Å². The van der Waals surface area contributed by atoms with Gasteiger partial charge in [0.1, 0.15) is 5.82 Å². The van der Waals surface area contributed by atoms with E-state index in [1.165, 1.54) is 6.42 Å². The van der Waals surface area contributed by atoms with Crippen LogP contribution in [0, 0.1) is 5.92 Å². The molecule has 5 heteroatoms. The zero-order chi connectivity index (χ0) is 10.7. The first-order valence-corrected chi connectivity index (χ1v) is 6.38. The molecule has 0 bridgehead atoms. The molecule has 1 aromatic rings. The van der Waals surface area contributed by atoms with Crippen molar-refractivity contribution in [2.75, 3.05) is 30.8 Å². The lowest BCUT2D eigenvalue weighted by atomic mass is 10.1. The van der Waals surface area contributed by atoms with E-state index in [1.807, 2.05) is 18.5 Å². The summed E-state index contributed by atoms with van der Waals surface area (Å²) in [5, 5.41) is 0.837. The lowest BCUT2D eigenvalue weighted by molar-refractivity contribution is 0.602. The van der Waals surface area contributed by atoms with Crippen molar-refractivity contribution in [3.05, 3.63) is 12.3 Å². The summed E-state index contributed by atoms with van der Waals surface area (Å²) in [7, 11) is 0. The van der Waals surface area contributed by atoms with E-state index >= 15 is 0 Å². The highest BCUT2D eigenvalue weighted by Crippen LogP contribution is 2.22. The molecule has 2 N–H and O–H groups in total. The molecule has 82 valence electrons. The smallest absolute Gasteiger partial charge is 0.189 e. The molecule has 0 saturated carbocycles. The van der Waals surface area contributed by atoms with Crippen molar-refractivity contribution in [2.24, 2.45) is 11.7 Å². The Labute approximate surface area is 94.3 Å². The van der Waals surface area contributed by atoms with Crippen LogP contribution in [0.15, 0.2) is 17.4 Å². The van der Waals surface area contributed by atoms with Gasteiger partial charge in [-0.3, -0.25) is 0 Å². The molecule has 2 heterocycles. The fraction of sp³-hybridized carbons (Fsp3) is 0.600. The molecule has 0 spiro atoms. The normalized spacial score (nSPS) is 20.9. The number of nitrogens with two attached hydrogens (primary N) is 1. The van der Waals surface area contributed by atoms with E-state index in [4.69, 9.17) is 5.73 Å². The molecule has 1 aliphatic rings. The van der Waals surface area contributed by atoms with Gasteiger partial charge >= 0.3 is 0 Å². The second-order valence-corrected chi connectivity index (χ2v) is 4.51. The maximum atomic E-state index is 5.67. The number of hydrogen-bond acceptors (Lipinski definition) is 5. The highest BCUT2D eigenvalue weighted by Gasteiger charge is 2.22. The Bertz CT molecular complexity index is 331. The van der Waals surface area contributed by atoms with Gasteiger partial charge in [-0.25, -0.2) is 9.97 Å². The molecule has 4 nitrogen and oxygen atoms in total.